The van der Waals surface area contributed by atoms with Crippen molar-refractivity contribution in [2.45, 2.75) is 32.0 Å². The van der Waals surface area contributed by atoms with Crippen LogP contribution in [0.1, 0.15) is 30.1 Å². The molecule has 3 amide bonds. The Morgan fingerprint density at radius 1 is 1.44 bits per heavy atom. The number of thiophene rings is 1. The average Bonchev–Trinajstić information content (AvgIpc) is 3.04. The van der Waals surface area contributed by atoms with Gasteiger partial charge >= 0.3 is 6.09 Å². The zero-order valence-electron chi connectivity index (χ0n) is 14.0. The van der Waals surface area contributed by atoms with E-state index >= 15 is 0 Å². The van der Waals surface area contributed by atoms with Gasteiger partial charge in [-0.15, -0.1) is 11.3 Å². The molecule has 138 valence electrons. The van der Waals surface area contributed by atoms with Gasteiger partial charge in [0, 0.05) is 0 Å². The van der Waals surface area contributed by atoms with Crippen molar-refractivity contribution in [2.24, 2.45) is 5.73 Å². The van der Waals surface area contributed by atoms with Gasteiger partial charge in [-0.05, 0) is 44.3 Å². The molecule has 0 radical (unpaired) electrons. The predicted molar refractivity (Wildman–Crippen MR) is 94.4 cm³/mol. The summed E-state index contributed by atoms with van der Waals surface area (Å²) in [5, 5.41) is 13.4. The smallest absolute Gasteiger partial charge is 0.414 e. The van der Waals surface area contributed by atoms with Crippen LogP contribution in [0.25, 0.3) is 0 Å². The monoisotopic (exact) mass is 369 g/mol. The maximum Gasteiger partial charge on any atom is 0.414 e. The molecule has 0 aromatic carbocycles. The first-order chi connectivity index (χ1) is 12.0. The molecule has 1 fully saturated rings. The number of ether oxygens (including phenoxy) is 1. The van der Waals surface area contributed by atoms with Crippen LogP contribution in [0.5, 0.6) is 0 Å². The van der Waals surface area contributed by atoms with Gasteiger partial charge < -0.3 is 21.1 Å². The van der Waals surface area contributed by atoms with Gasteiger partial charge in [-0.2, -0.15) is 0 Å². The first-order valence-corrected chi connectivity index (χ1v) is 8.99. The fourth-order valence-electron chi connectivity index (χ4n) is 2.46. The molecule has 1 aliphatic rings. The molecule has 1 aromatic rings. The highest BCUT2D eigenvalue weighted by Gasteiger charge is 2.27. The predicted octanol–water partition coefficient (Wildman–Crippen LogP) is 0.199. The van der Waals surface area contributed by atoms with E-state index in [4.69, 9.17) is 5.73 Å². The molecule has 10 heteroatoms. The van der Waals surface area contributed by atoms with Crippen molar-refractivity contribution in [3.05, 3.63) is 17.0 Å². The van der Waals surface area contributed by atoms with Gasteiger partial charge in [-0.25, -0.2) is 4.79 Å². The Kier molecular flexibility index (Phi) is 7.31. The lowest BCUT2D eigenvalue weighted by Gasteiger charge is -2.31. The lowest BCUT2D eigenvalue weighted by Crippen LogP contribution is -2.58. The molecular formula is C15H23N5O4S. The molecule has 2 rings (SSSR count). The Balaban J connectivity index is 1.96. The number of rotatable bonds is 6. The van der Waals surface area contributed by atoms with Crippen molar-refractivity contribution in [1.82, 2.24) is 16.0 Å². The van der Waals surface area contributed by atoms with Crippen LogP contribution >= 0.6 is 11.3 Å². The van der Waals surface area contributed by atoms with E-state index in [9.17, 15) is 14.4 Å². The minimum absolute atomic E-state index is 0.00980. The summed E-state index contributed by atoms with van der Waals surface area (Å²) in [6, 6.07) is 1.17. The van der Waals surface area contributed by atoms with Crippen molar-refractivity contribution in [3.63, 3.8) is 0 Å². The fraction of sp³-hybridized carbons (Fsp3) is 0.533. The number of hydrogen-bond donors (Lipinski definition) is 5. The van der Waals surface area contributed by atoms with E-state index in [0.29, 0.717) is 24.5 Å². The van der Waals surface area contributed by atoms with E-state index in [1.54, 1.807) is 18.4 Å². The molecule has 1 saturated heterocycles. The molecule has 2 heterocycles. The summed E-state index contributed by atoms with van der Waals surface area (Å²) >= 11 is 1.21. The van der Waals surface area contributed by atoms with Crippen LogP contribution in [0.4, 0.5) is 9.80 Å². The number of hydrogen-bond acceptors (Lipinski definition) is 8. The first-order valence-electron chi connectivity index (χ1n) is 8.11. The number of amides is 3. The van der Waals surface area contributed by atoms with Crippen LogP contribution in [0.2, 0.25) is 0 Å². The van der Waals surface area contributed by atoms with Gasteiger partial charge in [0.15, 0.2) is 0 Å². The van der Waals surface area contributed by atoms with Crippen molar-refractivity contribution in [3.8, 4) is 0 Å². The lowest BCUT2D eigenvalue weighted by molar-refractivity contribution is -0.119. The van der Waals surface area contributed by atoms with E-state index in [-0.39, 0.29) is 30.3 Å². The van der Waals surface area contributed by atoms with Gasteiger partial charge in [0.2, 0.25) is 5.91 Å². The summed E-state index contributed by atoms with van der Waals surface area (Å²) in [6.07, 6.45) is 0.517. The maximum atomic E-state index is 12.5. The Morgan fingerprint density at radius 2 is 2.24 bits per heavy atom. The maximum absolute atomic E-state index is 12.5. The van der Waals surface area contributed by atoms with E-state index in [2.05, 4.69) is 26.0 Å². The second-order valence-electron chi connectivity index (χ2n) is 5.42. The molecule has 0 spiro atoms. The van der Waals surface area contributed by atoms with Crippen molar-refractivity contribution >= 4 is 34.2 Å². The summed E-state index contributed by atoms with van der Waals surface area (Å²) in [4.78, 5) is 35.9. The van der Waals surface area contributed by atoms with Crippen molar-refractivity contribution < 1.29 is 19.1 Å². The summed E-state index contributed by atoms with van der Waals surface area (Å²) < 4.78 is 4.68. The number of carbonyl (C=O) groups excluding carboxylic acids is 3. The van der Waals surface area contributed by atoms with Crippen LogP contribution in [0, 0.1) is 0 Å². The van der Waals surface area contributed by atoms with Gasteiger partial charge in [0.25, 0.3) is 5.91 Å². The number of nitrogens with two attached hydrogens (primary N) is 1. The Hall–Kier alpha value is -2.01. The van der Waals surface area contributed by atoms with Crippen molar-refractivity contribution in [2.75, 3.05) is 25.0 Å². The van der Waals surface area contributed by atoms with Crippen LogP contribution in [-0.4, -0.2) is 49.8 Å². The number of alkyl carbamates (subject to hydrolysis) is 1. The second kappa shape index (κ2) is 9.47. The first kappa shape index (κ1) is 19.3. The number of anilines is 1. The Labute approximate surface area is 149 Å². The van der Waals surface area contributed by atoms with Crippen LogP contribution in [0.15, 0.2) is 11.4 Å². The van der Waals surface area contributed by atoms with Gasteiger partial charge in [0.05, 0.1) is 24.4 Å². The van der Waals surface area contributed by atoms with Gasteiger partial charge in [-0.3, -0.25) is 20.2 Å². The average molecular weight is 369 g/mol. The van der Waals surface area contributed by atoms with E-state index < -0.39 is 12.0 Å². The molecule has 0 aliphatic carbocycles. The topological polar surface area (TPSA) is 135 Å². The lowest BCUT2D eigenvalue weighted by atomic mass is 10.1. The molecule has 2 atom stereocenters. The summed E-state index contributed by atoms with van der Waals surface area (Å²) in [5.41, 5.74) is 5.77. The zero-order chi connectivity index (χ0) is 18.2. The summed E-state index contributed by atoms with van der Waals surface area (Å²) in [7, 11) is 0. The third-order valence-electron chi connectivity index (χ3n) is 3.64. The van der Waals surface area contributed by atoms with E-state index in [1.807, 2.05) is 0 Å². The van der Waals surface area contributed by atoms with Crippen LogP contribution < -0.4 is 27.0 Å². The van der Waals surface area contributed by atoms with Crippen LogP contribution in [0.3, 0.4) is 0 Å². The van der Waals surface area contributed by atoms with E-state index in [1.165, 1.54) is 11.3 Å². The Bertz CT molecular complexity index is 619. The molecule has 25 heavy (non-hydrogen) atoms. The minimum Gasteiger partial charge on any atom is -0.450 e. The molecule has 1 aliphatic heterocycles. The standard InChI is InChI=1S/C15H23N5O4S/c1-2-24-15(23)20-12(21)9-5-8-25-14(9)19-13(22)10-4-7-17-11(18-10)3-6-16/h5,8,10-11,17-18H,2-4,6-7,16H2,1H3,(H,19,22)(H,20,21,23). The largest absolute Gasteiger partial charge is 0.450 e. The van der Waals surface area contributed by atoms with Gasteiger partial charge in [0.1, 0.15) is 5.00 Å². The third-order valence-corrected chi connectivity index (χ3v) is 4.47. The highest BCUT2D eigenvalue weighted by molar-refractivity contribution is 7.14. The third kappa shape index (κ3) is 5.49. The van der Waals surface area contributed by atoms with Crippen LogP contribution in [-0.2, 0) is 9.53 Å². The number of nitrogens with one attached hydrogen (secondary N) is 4. The summed E-state index contributed by atoms with van der Waals surface area (Å²) in [5.74, 6) is -0.842. The second-order valence-corrected chi connectivity index (χ2v) is 6.34. The molecule has 0 bridgehead atoms. The van der Waals surface area contributed by atoms with Gasteiger partial charge in [-0.1, -0.05) is 0 Å². The number of imide groups is 1. The zero-order valence-corrected chi connectivity index (χ0v) is 14.8. The fourth-order valence-corrected chi connectivity index (χ4v) is 3.24. The highest BCUT2D eigenvalue weighted by atomic mass is 32.1. The highest BCUT2D eigenvalue weighted by Crippen LogP contribution is 2.23. The normalized spacial score (nSPS) is 19.9. The Morgan fingerprint density at radius 3 is 2.96 bits per heavy atom. The molecule has 1 aromatic heterocycles. The molecule has 2 unspecified atom stereocenters. The van der Waals surface area contributed by atoms with E-state index in [0.717, 1.165) is 6.42 Å². The molecule has 9 nitrogen and oxygen atoms in total. The van der Waals surface area contributed by atoms with Crippen molar-refractivity contribution in [1.29, 1.82) is 0 Å². The molecule has 0 saturated carbocycles. The number of carbonyl (C=O) groups is 3. The molecular weight excluding hydrogens is 346 g/mol. The quantitative estimate of drug-likeness (QED) is 0.483. The molecule has 6 N–H and O–H groups in total. The SMILES string of the molecule is CCOC(=O)NC(=O)c1ccsc1NC(=O)C1CCNC(CCN)N1. The summed E-state index contributed by atoms with van der Waals surface area (Å²) in [6.45, 7) is 3.03. The minimum atomic E-state index is -0.819.